The summed E-state index contributed by atoms with van der Waals surface area (Å²) in [5.74, 6) is -0.468. The molecule has 0 saturated carbocycles. The van der Waals surface area contributed by atoms with Gasteiger partial charge in [0.1, 0.15) is 24.5 Å². The number of hydrogen-bond acceptors (Lipinski definition) is 12. The van der Waals surface area contributed by atoms with E-state index < -0.39 is 60.9 Å². The van der Waals surface area contributed by atoms with Crippen molar-refractivity contribution in [3.63, 3.8) is 0 Å². The van der Waals surface area contributed by atoms with Crippen LogP contribution in [0.3, 0.4) is 0 Å². The molecule has 0 bridgehead atoms. The van der Waals surface area contributed by atoms with E-state index in [-0.39, 0.29) is 11.9 Å². The van der Waals surface area contributed by atoms with Gasteiger partial charge in [-0.1, -0.05) is 18.2 Å². The van der Waals surface area contributed by atoms with Crippen molar-refractivity contribution in [1.82, 2.24) is 14.3 Å². The fraction of sp³-hybridized carbons (Fsp3) is 0.455. The molecule has 0 aliphatic carbocycles. The Balaban J connectivity index is 1.82. The number of aromatic nitrogens is 2. The highest BCUT2D eigenvalue weighted by Gasteiger charge is 2.57. The van der Waals surface area contributed by atoms with Gasteiger partial charge in [0, 0.05) is 12.3 Å². The smallest absolute Gasteiger partial charge is 0.455 e. The molecule has 6 atom stereocenters. The van der Waals surface area contributed by atoms with Gasteiger partial charge in [0.25, 0.3) is 5.56 Å². The number of nitrogens with one attached hydrogen (secondary N) is 2. The van der Waals surface area contributed by atoms with Crippen LogP contribution in [-0.4, -0.2) is 64.1 Å². The highest BCUT2D eigenvalue weighted by Crippen LogP contribution is 2.59. The summed E-state index contributed by atoms with van der Waals surface area (Å²) in [7, 11) is 0. The van der Waals surface area contributed by atoms with Crippen molar-refractivity contribution in [1.29, 1.82) is 0 Å². The van der Waals surface area contributed by atoms with Gasteiger partial charge in [0.15, 0.2) is 12.4 Å². The number of para-hydroxylation sites is 1. The van der Waals surface area contributed by atoms with Crippen LogP contribution in [0.2, 0.25) is 0 Å². The van der Waals surface area contributed by atoms with E-state index in [2.05, 4.69) is 16.4 Å². The maximum Gasteiger partial charge on any atom is 0.455 e. The SMILES string of the molecule is C=N[C@]1(COP(=O)(Oc2ccccc2)SN[C@@H](C)C(=O)OC(C)C)O[C@@H](n2ccc(=O)[nH]c2=O)[C@@H](F)[C@@H]1O. The van der Waals surface area contributed by atoms with Crippen LogP contribution in [0.15, 0.2) is 57.2 Å². The van der Waals surface area contributed by atoms with Crippen LogP contribution in [0.25, 0.3) is 0 Å². The van der Waals surface area contributed by atoms with Crippen molar-refractivity contribution < 1.29 is 37.4 Å². The molecule has 38 heavy (non-hydrogen) atoms. The van der Waals surface area contributed by atoms with Crippen LogP contribution in [-0.2, 0) is 23.4 Å². The Kier molecular flexibility index (Phi) is 9.68. The number of aliphatic hydroxyl groups is 1. The Morgan fingerprint density at radius 2 is 2.03 bits per heavy atom. The lowest BCUT2D eigenvalue weighted by atomic mass is 10.1. The predicted octanol–water partition coefficient (Wildman–Crippen LogP) is 1.94. The Labute approximate surface area is 220 Å². The lowest BCUT2D eigenvalue weighted by Crippen LogP contribution is -2.44. The van der Waals surface area contributed by atoms with Gasteiger partial charge in [0.05, 0.1) is 17.7 Å². The number of halogens is 1. The third-order valence-corrected chi connectivity index (χ3v) is 8.28. The second-order valence-corrected chi connectivity index (χ2v) is 12.1. The summed E-state index contributed by atoms with van der Waals surface area (Å²) in [6.07, 6.45) is -5.32. The molecule has 16 heteroatoms. The Morgan fingerprint density at radius 1 is 1.34 bits per heavy atom. The summed E-state index contributed by atoms with van der Waals surface area (Å²) in [5.41, 5.74) is -3.91. The molecule has 13 nitrogen and oxygen atoms in total. The van der Waals surface area contributed by atoms with E-state index in [4.69, 9.17) is 18.5 Å². The van der Waals surface area contributed by atoms with Crippen molar-refractivity contribution in [3.05, 3.63) is 63.4 Å². The number of esters is 1. The molecular formula is C22H28FN4O9PS. The molecule has 0 radical (unpaired) electrons. The molecule has 1 aliphatic rings. The van der Waals surface area contributed by atoms with Crippen LogP contribution in [0.1, 0.15) is 27.0 Å². The first-order valence-corrected chi connectivity index (χ1v) is 14.3. The van der Waals surface area contributed by atoms with Gasteiger partial charge in [-0.2, -0.15) is 0 Å². The first kappa shape index (κ1) is 29.7. The molecule has 2 aromatic rings. The first-order valence-electron chi connectivity index (χ1n) is 11.3. The number of carbonyl (C=O) groups is 1. The van der Waals surface area contributed by atoms with Crippen LogP contribution in [0.4, 0.5) is 4.39 Å². The number of H-pyrrole nitrogens is 1. The molecule has 0 amide bonds. The molecular weight excluding hydrogens is 546 g/mol. The number of aromatic amines is 1. The Morgan fingerprint density at radius 3 is 2.63 bits per heavy atom. The number of carbonyl (C=O) groups excluding carboxylic acids is 1. The molecule has 2 heterocycles. The van der Waals surface area contributed by atoms with Crippen LogP contribution >= 0.6 is 18.4 Å². The molecule has 1 fully saturated rings. The normalized spacial score (nSPS) is 25.5. The number of nitrogens with zero attached hydrogens (tertiary/aromatic N) is 2. The predicted molar refractivity (Wildman–Crippen MR) is 137 cm³/mol. The number of alkyl halides is 1. The zero-order chi connectivity index (χ0) is 28.1. The molecule has 1 aromatic carbocycles. The van der Waals surface area contributed by atoms with E-state index in [1.54, 1.807) is 32.0 Å². The molecule has 3 rings (SSSR count). The van der Waals surface area contributed by atoms with Crippen molar-refractivity contribution in [2.24, 2.45) is 4.99 Å². The van der Waals surface area contributed by atoms with Crippen molar-refractivity contribution >= 4 is 31.1 Å². The average molecular weight is 575 g/mol. The largest absolute Gasteiger partial charge is 0.462 e. The van der Waals surface area contributed by atoms with E-state index >= 15 is 4.39 Å². The second-order valence-electron chi connectivity index (χ2n) is 8.46. The number of rotatable bonds is 12. The quantitative estimate of drug-likeness (QED) is 0.146. The van der Waals surface area contributed by atoms with E-state index in [0.29, 0.717) is 11.6 Å². The maximum atomic E-state index is 15.1. The fourth-order valence-corrected chi connectivity index (χ4v) is 6.06. The van der Waals surface area contributed by atoms with Gasteiger partial charge in [-0.3, -0.25) is 28.7 Å². The monoisotopic (exact) mass is 574 g/mol. The molecule has 1 saturated heterocycles. The standard InChI is InChI=1S/C22H28FN4O9PS/c1-13(2)34-20(30)14(3)26-38-37(32,36-15-8-6-5-7-9-15)33-12-22(24-4)18(29)17(23)19(35-22)27-11-10-16(28)25-21(27)31/h5-11,13-14,17-19,26,29H,4,12H2,1-3H3,(H,25,28,31)/t14-,17-,18-,19+,22+,37?/m0/s1. The van der Waals surface area contributed by atoms with Crippen LogP contribution in [0, 0.1) is 0 Å². The van der Waals surface area contributed by atoms with E-state index in [1.807, 2.05) is 4.98 Å². The summed E-state index contributed by atoms with van der Waals surface area (Å²) < 4.78 is 53.9. The number of ether oxygens (including phenoxy) is 2. The lowest BCUT2D eigenvalue weighted by Gasteiger charge is -2.29. The van der Waals surface area contributed by atoms with Gasteiger partial charge in [0.2, 0.25) is 5.72 Å². The highest BCUT2D eigenvalue weighted by molar-refractivity contribution is 8.54. The maximum absolute atomic E-state index is 15.1. The summed E-state index contributed by atoms with van der Waals surface area (Å²) in [6.45, 7) is 3.08. The molecule has 0 spiro atoms. The zero-order valence-electron chi connectivity index (χ0n) is 20.7. The number of hydrogen-bond donors (Lipinski definition) is 3. The van der Waals surface area contributed by atoms with Gasteiger partial charge in [-0.25, -0.2) is 18.5 Å². The van der Waals surface area contributed by atoms with Gasteiger partial charge < -0.3 is 19.1 Å². The van der Waals surface area contributed by atoms with Crippen molar-refractivity contribution in [3.8, 4) is 5.75 Å². The number of aliphatic imine (C=N–C) groups is 1. The zero-order valence-corrected chi connectivity index (χ0v) is 22.4. The Hall–Kier alpha value is -2.81. The number of benzene rings is 1. The molecule has 1 aliphatic heterocycles. The highest BCUT2D eigenvalue weighted by atomic mass is 32.7. The van der Waals surface area contributed by atoms with Crippen molar-refractivity contribution in [2.75, 3.05) is 6.61 Å². The molecule has 208 valence electrons. The third-order valence-electron chi connectivity index (χ3n) is 5.19. The minimum atomic E-state index is -4.25. The van der Waals surface area contributed by atoms with Crippen molar-refractivity contribution in [2.45, 2.75) is 57.1 Å². The van der Waals surface area contributed by atoms with Crippen LogP contribution in [0.5, 0.6) is 5.75 Å². The summed E-state index contributed by atoms with van der Waals surface area (Å²) in [5, 5.41) is 10.6. The van der Waals surface area contributed by atoms with E-state index in [9.17, 15) is 24.1 Å². The Bertz CT molecular complexity index is 1290. The van der Waals surface area contributed by atoms with Crippen LogP contribution < -0.4 is 20.5 Å². The fourth-order valence-electron chi connectivity index (χ4n) is 3.26. The molecule has 1 unspecified atom stereocenters. The van der Waals surface area contributed by atoms with E-state index in [1.165, 1.54) is 19.1 Å². The minimum absolute atomic E-state index is 0.150. The summed E-state index contributed by atoms with van der Waals surface area (Å²) in [6, 6.07) is 8.00. The first-order chi connectivity index (χ1) is 17.9. The van der Waals surface area contributed by atoms with E-state index in [0.717, 1.165) is 16.8 Å². The average Bonchev–Trinajstić information content (AvgIpc) is 3.12. The van der Waals surface area contributed by atoms with Gasteiger partial charge >= 0.3 is 18.5 Å². The topological polar surface area (TPSA) is 171 Å². The minimum Gasteiger partial charge on any atom is -0.462 e. The molecule has 3 N–H and O–H groups in total. The summed E-state index contributed by atoms with van der Waals surface area (Å²) in [4.78, 5) is 41.3. The summed E-state index contributed by atoms with van der Waals surface area (Å²) >= 11 is 0.450. The lowest BCUT2D eigenvalue weighted by molar-refractivity contribution is -0.148. The number of aliphatic hydroxyl groups excluding tert-OH is 1. The second kappa shape index (κ2) is 12.4. The molecule has 1 aromatic heterocycles. The third kappa shape index (κ3) is 6.98. The van der Waals surface area contributed by atoms with Gasteiger partial charge in [-0.15, -0.1) is 0 Å². The van der Waals surface area contributed by atoms with Gasteiger partial charge in [-0.05, 0) is 39.6 Å².